The van der Waals surface area contributed by atoms with E-state index in [1.165, 1.54) is 11.5 Å². The van der Waals surface area contributed by atoms with Crippen molar-refractivity contribution in [2.45, 2.75) is 20.3 Å². The van der Waals surface area contributed by atoms with Crippen LogP contribution in [0.4, 0.5) is 10.8 Å². The predicted octanol–water partition coefficient (Wildman–Crippen LogP) is 2.07. The minimum absolute atomic E-state index is 0.292. The topological polar surface area (TPSA) is 84.0 Å². The van der Waals surface area contributed by atoms with E-state index in [1.54, 1.807) is 0 Å². The molecule has 0 unspecified atom stereocenters. The number of hydrogen-bond donors (Lipinski definition) is 2. The lowest BCUT2D eigenvalue weighted by molar-refractivity contribution is 0.133. The number of nitriles is 1. The van der Waals surface area contributed by atoms with Crippen LogP contribution in [0.25, 0.3) is 0 Å². The molecule has 0 fully saturated rings. The van der Waals surface area contributed by atoms with Crippen molar-refractivity contribution in [3.8, 4) is 6.07 Å². The number of ether oxygens (including phenoxy) is 1. The van der Waals surface area contributed by atoms with Gasteiger partial charge in [0, 0.05) is 13.2 Å². The van der Waals surface area contributed by atoms with Gasteiger partial charge >= 0.3 is 0 Å². The van der Waals surface area contributed by atoms with Crippen LogP contribution < -0.4 is 11.1 Å². The van der Waals surface area contributed by atoms with Gasteiger partial charge in [0.25, 0.3) is 0 Å². The fourth-order valence-electron chi connectivity index (χ4n) is 1.19. The summed E-state index contributed by atoms with van der Waals surface area (Å²) in [6.45, 7) is 6.39. The summed E-state index contributed by atoms with van der Waals surface area (Å²) in [6, 6.07) is 2.03. The van der Waals surface area contributed by atoms with Crippen LogP contribution in [0.15, 0.2) is 0 Å². The second-order valence-corrected chi connectivity index (χ2v) is 4.88. The summed E-state index contributed by atoms with van der Waals surface area (Å²) in [5, 5.41) is 12.7. The molecule has 0 radical (unpaired) electrons. The van der Waals surface area contributed by atoms with E-state index in [0.29, 0.717) is 30.5 Å². The molecule has 1 aromatic heterocycles. The second-order valence-electron chi connectivity index (χ2n) is 4.11. The van der Waals surface area contributed by atoms with Crippen molar-refractivity contribution >= 4 is 22.4 Å². The lowest BCUT2D eigenvalue weighted by Crippen LogP contribution is -2.10. The summed E-state index contributed by atoms with van der Waals surface area (Å²) in [5.41, 5.74) is 5.97. The molecule has 3 N–H and O–H groups in total. The molecule has 94 valence electrons. The molecule has 1 heterocycles. The first-order chi connectivity index (χ1) is 8.15. The molecule has 5 nitrogen and oxygen atoms in total. The SMILES string of the molecule is CC(C)CCOCCNc1snc(N)c1C#N. The number of hydrogen-bond acceptors (Lipinski definition) is 6. The lowest BCUT2D eigenvalue weighted by atomic mass is 10.1. The number of anilines is 2. The van der Waals surface area contributed by atoms with Gasteiger partial charge in [-0.15, -0.1) is 0 Å². The fraction of sp³-hybridized carbons (Fsp3) is 0.636. The first-order valence-electron chi connectivity index (χ1n) is 5.62. The van der Waals surface area contributed by atoms with Crippen molar-refractivity contribution < 1.29 is 4.74 Å². The molecule has 0 aliphatic heterocycles. The average Bonchev–Trinajstić information content (AvgIpc) is 2.63. The van der Waals surface area contributed by atoms with Gasteiger partial charge in [-0.05, 0) is 23.9 Å². The van der Waals surface area contributed by atoms with Crippen LogP contribution in [-0.4, -0.2) is 24.1 Å². The third kappa shape index (κ3) is 4.59. The third-order valence-electron chi connectivity index (χ3n) is 2.20. The maximum absolute atomic E-state index is 8.86. The first kappa shape index (κ1) is 13.7. The molecule has 0 atom stereocenters. The number of rotatable bonds is 7. The van der Waals surface area contributed by atoms with Crippen LogP contribution in [0.5, 0.6) is 0 Å². The third-order valence-corrected chi connectivity index (χ3v) is 3.02. The van der Waals surface area contributed by atoms with Gasteiger partial charge in [-0.25, -0.2) is 0 Å². The normalized spacial score (nSPS) is 10.5. The summed E-state index contributed by atoms with van der Waals surface area (Å²) in [4.78, 5) is 0. The van der Waals surface area contributed by atoms with E-state index in [9.17, 15) is 0 Å². The van der Waals surface area contributed by atoms with E-state index in [0.717, 1.165) is 18.0 Å². The molecule has 0 aliphatic carbocycles. The predicted molar refractivity (Wildman–Crippen MR) is 70.0 cm³/mol. The Balaban J connectivity index is 2.21. The van der Waals surface area contributed by atoms with Gasteiger partial charge in [-0.3, -0.25) is 0 Å². The summed E-state index contributed by atoms with van der Waals surface area (Å²) in [6.07, 6.45) is 1.07. The van der Waals surface area contributed by atoms with Crippen LogP contribution in [-0.2, 0) is 4.74 Å². The fourth-order valence-corrected chi connectivity index (χ4v) is 1.88. The van der Waals surface area contributed by atoms with Crippen molar-refractivity contribution in [2.24, 2.45) is 5.92 Å². The molecule has 0 saturated heterocycles. The quantitative estimate of drug-likeness (QED) is 0.728. The molecular formula is C11H18N4OS. The highest BCUT2D eigenvalue weighted by Gasteiger charge is 2.09. The Morgan fingerprint density at radius 2 is 2.29 bits per heavy atom. The van der Waals surface area contributed by atoms with E-state index in [1.807, 2.05) is 6.07 Å². The highest BCUT2D eigenvalue weighted by Crippen LogP contribution is 2.25. The van der Waals surface area contributed by atoms with Gasteiger partial charge in [-0.1, -0.05) is 13.8 Å². The van der Waals surface area contributed by atoms with Crippen LogP contribution in [0.1, 0.15) is 25.8 Å². The Morgan fingerprint density at radius 1 is 1.53 bits per heavy atom. The van der Waals surface area contributed by atoms with Crippen molar-refractivity contribution in [3.05, 3.63) is 5.56 Å². The summed E-state index contributed by atoms with van der Waals surface area (Å²) in [5.74, 6) is 0.954. The molecule has 1 aromatic rings. The van der Waals surface area contributed by atoms with Crippen LogP contribution >= 0.6 is 11.5 Å². The maximum Gasteiger partial charge on any atom is 0.157 e. The zero-order valence-electron chi connectivity index (χ0n) is 10.2. The molecule has 17 heavy (non-hydrogen) atoms. The van der Waals surface area contributed by atoms with Crippen molar-refractivity contribution in [1.82, 2.24) is 4.37 Å². The Labute approximate surface area is 106 Å². The highest BCUT2D eigenvalue weighted by atomic mass is 32.1. The first-order valence-corrected chi connectivity index (χ1v) is 6.39. The molecule has 0 spiro atoms. The van der Waals surface area contributed by atoms with E-state index in [2.05, 4.69) is 23.5 Å². The van der Waals surface area contributed by atoms with Crippen molar-refractivity contribution in [2.75, 3.05) is 30.8 Å². The average molecular weight is 254 g/mol. The maximum atomic E-state index is 8.86. The Morgan fingerprint density at radius 3 is 2.94 bits per heavy atom. The minimum Gasteiger partial charge on any atom is -0.382 e. The van der Waals surface area contributed by atoms with E-state index in [-0.39, 0.29) is 0 Å². The highest BCUT2D eigenvalue weighted by molar-refractivity contribution is 7.10. The Kier molecular flexibility index (Phi) is 5.73. The number of nitrogens with zero attached hydrogens (tertiary/aromatic N) is 2. The van der Waals surface area contributed by atoms with E-state index >= 15 is 0 Å². The molecule has 0 bridgehead atoms. The zero-order valence-corrected chi connectivity index (χ0v) is 11.0. The number of aromatic nitrogens is 1. The number of nitrogen functional groups attached to an aromatic ring is 1. The smallest absolute Gasteiger partial charge is 0.157 e. The summed E-state index contributed by atoms with van der Waals surface area (Å²) in [7, 11) is 0. The van der Waals surface area contributed by atoms with Crippen LogP contribution in [0, 0.1) is 17.2 Å². The van der Waals surface area contributed by atoms with Gasteiger partial charge in [0.05, 0.1) is 6.61 Å². The summed E-state index contributed by atoms with van der Waals surface area (Å²) >= 11 is 1.21. The summed E-state index contributed by atoms with van der Waals surface area (Å²) < 4.78 is 9.37. The van der Waals surface area contributed by atoms with Crippen LogP contribution in [0.3, 0.4) is 0 Å². The monoisotopic (exact) mass is 254 g/mol. The molecule has 6 heteroatoms. The van der Waals surface area contributed by atoms with Crippen LogP contribution in [0.2, 0.25) is 0 Å². The second kappa shape index (κ2) is 7.09. The van der Waals surface area contributed by atoms with Gasteiger partial charge in [0.15, 0.2) is 5.82 Å². The molecule has 0 amide bonds. The molecular weight excluding hydrogens is 236 g/mol. The number of nitrogens with two attached hydrogens (primary N) is 1. The van der Waals surface area contributed by atoms with E-state index in [4.69, 9.17) is 15.7 Å². The van der Waals surface area contributed by atoms with Crippen molar-refractivity contribution in [3.63, 3.8) is 0 Å². The zero-order chi connectivity index (χ0) is 12.7. The Bertz CT molecular complexity index is 383. The van der Waals surface area contributed by atoms with E-state index < -0.39 is 0 Å². The largest absolute Gasteiger partial charge is 0.382 e. The molecule has 1 rings (SSSR count). The molecule has 0 aromatic carbocycles. The molecule has 0 aliphatic rings. The lowest BCUT2D eigenvalue weighted by Gasteiger charge is -2.07. The molecule has 0 saturated carbocycles. The minimum atomic E-state index is 0.292. The Hall–Kier alpha value is -1.32. The van der Waals surface area contributed by atoms with Gasteiger partial charge in [0.1, 0.15) is 16.6 Å². The van der Waals surface area contributed by atoms with Gasteiger partial charge in [-0.2, -0.15) is 9.64 Å². The van der Waals surface area contributed by atoms with Gasteiger partial charge < -0.3 is 15.8 Å². The standard InChI is InChI=1S/C11H18N4OS/c1-8(2)3-5-16-6-4-14-11-9(7-12)10(13)15-17-11/h8,14H,3-6H2,1-2H3,(H2,13,15). The number of nitrogens with one attached hydrogen (secondary N) is 1. The van der Waals surface area contributed by atoms with Gasteiger partial charge in [0.2, 0.25) is 0 Å². The van der Waals surface area contributed by atoms with Crippen molar-refractivity contribution in [1.29, 1.82) is 5.26 Å².